The maximum absolute atomic E-state index is 13.2. The van der Waals surface area contributed by atoms with Gasteiger partial charge in [0.15, 0.2) is 0 Å². The van der Waals surface area contributed by atoms with Crippen LogP contribution in [-0.2, 0) is 9.59 Å². The highest BCUT2D eigenvalue weighted by atomic mass is 16.4. The molecule has 1 saturated carbocycles. The molecule has 3 atom stereocenters. The molecular weight excluding hydrogens is 470 g/mol. The van der Waals surface area contributed by atoms with E-state index < -0.39 is 23.2 Å². The van der Waals surface area contributed by atoms with E-state index in [4.69, 9.17) is 5.73 Å². The zero-order valence-electron chi connectivity index (χ0n) is 21.5. The Hall–Kier alpha value is -3.49. The Bertz CT molecular complexity index is 1190. The monoisotopic (exact) mass is 505 g/mol. The molecule has 1 aromatic carbocycles. The molecule has 2 saturated heterocycles. The molecule has 9 nitrogen and oxygen atoms in total. The lowest BCUT2D eigenvalue weighted by Gasteiger charge is -2.34. The summed E-state index contributed by atoms with van der Waals surface area (Å²) in [6.45, 7) is 6.73. The first kappa shape index (κ1) is 25.2. The van der Waals surface area contributed by atoms with Crippen molar-refractivity contribution < 1.29 is 19.5 Å². The van der Waals surface area contributed by atoms with Crippen LogP contribution in [0.4, 0.5) is 5.69 Å². The van der Waals surface area contributed by atoms with Gasteiger partial charge in [-0.1, -0.05) is 25.0 Å². The second-order valence-corrected chi connectivity index (χ2v) is 11.0. The fourth-order valence-electron chi connectivity index (χ4n) is 6.92. The van der Waals surface area contributed by atoms with Crippen molar-refractivity contribution in [3.05, 3.63) is 53.1 Å². The van der Waals surface area contributed by atoms with E-state index in [9.17, 15) is 19.5 Å². The Morgan fingerprint density at radius 2 is 1.68 bits per heavy atom. The van der Waals surface area contributed by atoms with Crippen LogP contribution in [0.3, 0.4) is 0 Å². The highest BCUT2D eigenvalue weighted by Crippen LogP contribution is 2.51. The lowest BCUT2D eigenvalue weighted by atomic mass is 9.69. The van der Waals surface area contributed by atoms with Crippen LogP contribution in [0, 0.1) is 31.1 Å². The fraction of sp³-hybridized carbons (Fsp3) is 0.536. The zero-order chi connectivity index (χ0) is 26.3. The molecule has 0 radical (unpaired) electrons. The number of amides is 2. The predicted octanol–water partition coefficient (Wildman–Crippen LogP) is 2.91. The number of likely N-dealkylation sites (tertiary alicyclic amines) is 1. The van der Waals surface area contributed by atoms with E-state index in [1.54, 1.807) is 0 Å². The smallest absolute Gasteiger partial charge is 0.310 e. The van der Waals surface area contributed by atoms with Gasteiger partial charge in [-0.15, -0.1) is 0 Å². The van der Waals surface area contributed by atoms with Crippen LogP contribution < -0.4 is 10.6 Å². The third-order valence-corrected chi connectivity index (χ3v) is 8.85. The first-order chi connectivity index (χ1) is 17.7. The predicted molar refractivity (Wildman–Crippen MR) is 138 cm³/mol. The number of aromatic nitrogens is 2. The molecule has 9 heteroatoms. The molecule has 37 heavy (non-hydrogen) atoms. The Morgan fingerprint density at radius 3 is 2.24 bits per heavy atom. The van der Waals surface area contributed by atoms with Crippen molar-refractivity contribution >= 4 is 23.5 Å². The molecule has 3 heterocycles. The van der Waals surface area contributed by atoms with Gasteiger partial charge in [0.25, 0.3) is 5.91 Å². The molecule has 3 fully saturated rings. The SMILES string of the molecule is Cc1ncnc(C)c1C(=O)N1CC2CN(c3cccc(C(CC(N)=O)C4(C(=O)O)CCCC4)c3)CC2C1. The Balaban J connectivity index is 1.33. The van der Waals surface area contributed by atoms with E-state index in [2.05, 4.69) is 20.9 Å². The van der Waals surface area contributed by atoms with Crippen molar-refractivity contribution in [1.82, 2.24) is 14.9 Å². The topological polar surface area (TPSA) is 130 Å². The molecular formula is C28H35N5O4. The quantitative estimate of drug-likeness (QED) is 0.592. The van der Waals surface area contributed by atoms with Gasteiger partial charge in [0, 0.05) is 56.0 Å². The van der Waals surface area contributed by atoms with Gasteiger partial charge in [0.2, 0.25) is 5.91 Å². The Kier molecular flexibility index (Phi) is 6.64. The van der Waals surface area contributed by atoms with Crippen LogP contribution in [0.2, 0.25) is 0 Å². The minimum Gasteiger partial charge on any atom is -0.481 e. The van der Waals surface area contributed by atoms with Crippen molar-refractivity contribution in [1.29, 1.82) is 0 Å². The first-order valence-corrected chi connectivity index (χ1v) is 13.1. The van der Waals surface area contributed by atoms with Crippen LogP contribution in [0.5, 0.6) is 0 Å². The van der Waals surface area contributed by atoms with E-state index in [1.165, 1.54) is 6.33 Å². The van der Waals surface area contributed by atoms with Crippen molar-refractivity contribution in [3.8, 4) is 0 Å². The largest absolute Gasteiger partial charge is 0.481 e. The number of carboxylic acids is 1. The van der Waals surface area contributed by atoms with Gasteiger partial charge in [-0.05, 0) is 44.4 Å². The van der Waals surface area contributed by atoms with Crippen molar-refractivity contribution in [2.45, 2.75) is 51.9 Å². The summed E-state index contributed by atoms with van der Waals surface area (Å²) in [5, 5.41) is 10.2. The third kappa shape index (κ3) is 4.55. The summed E-state index contributed by atoms with van der Waals surface area (Å²) < 4.78 is 0. The molecule has 3 aliphatic rings. The highest BCUT2D eigenvalue weighted by molar-refractivity contribution is 5.96. The average molecular weight is 506 g/mol. The van der Waals surface area contributed by atoms with Gasteiger partial charge in [-0.2, -0.15) is 0 Å². The number of nitrogens with zero attached hydrogens (tertiary/aromatic N) is 4. The number of fused-ring (bicyclic) bond motifs is 1. The van der Waals surface area contributed by atoms with E-state index >= 15 is 0 Å². The number of nitrogens with two attached hydrogens (primary N) is 1. The molecule has 2 aromatic rings. The van der Waals surface area contributed by atoms with Crippen molar-refractivity contribution in [2.24, 2.45) is 23.0 Å². The summed E-state index contributed by atoms with van der Waals surface area (Å²) in [7, 11) is 0. The van der Waals surface area contributed by atoms with Crippen LogP contribution in [0.15, 0.2) is 30.6 Å². The molecule has 3 N–H and O–H groups in total. The molecule has 3 unspecified atom stereocenters. The van der Waals surface area contributed by atoms with E-state index in [0.717, 1.165) is 37.2 Å². The summed E-state index contributed by atoms with van der Waals surface area (Å²) in [6.07, 6.45) is 4.34. The van der Waals surface area contributed by atoms with Gasteiger partial charge in [0.05, 0.1) is 22.4 Å². The molecule has 1 aliphatic carbocycles. The summed E-state index contributed by atoms with van der Waals surface area (Å²) in [4.78, 5) is 50.3. The van der Waals surface area contributed by atoms with Gasteiger partial charge >= 0.3 is 5.97 Å². The van der Waals surface area contributed by atoms with Gasteiger partial charge in [0.1, 0.15) is 6.33 Å². The molecule has 0 spiro atoms. The van der Waals surface area contributed by atoms with Crippen LogP contribution in [-0.4, -0.2) is 63.9 Å². The number of hydrogen-bond donors (Lipinski definition) is 2. The molecule has 2 aliphatic heterocycles. The maximum Gasteiger partial charge on any atom is 0.310 e. The number of benzene rings is 1. The summed E-state index contributed by atoms with van der Waals surface area (Å²) >= 11 is 0. The molecule has 0 bridgehead atoms. The standard InChI is InChI=1S/C28H35N5O4/c1-17-25(18(2)31-16-30-17)26(35)33-14-20-12-32(13-21(20)15-33)22-7-5-6-19(10-22)23(11-24(29)34)28(27(36)37)8-3-4-9-28/h5-7,10,16,20-21,23H,3-4,8-9,11-15H2,1-2H3,(H2,29,34)(H,36,37). The lowest BCUT2D eigenvalue weighted by molar-refractivity contribution is -0.150. The van der Waals surface area contributed by atoms with Gasteiger partial charge in [-0.25, -0.2) is 9.97 Å². The summed E-state index contributed by atoms with van der Waals surface area (Å²) in [5.74, 6) is -1.03. The summed E-state index contributed by atoms with van der Waals surface area (Å²) in [5.41, 5.74) is 8.56. The first-order valence-electron chi connectivity index (χ1n) is 13.1. The van der Waals surface area contributed by atoms with Crippen LogP contribution >= 0.6 is 0 Å². The van der Waals surface area contributed by atoms with E-state index in [1.807, 2.05) is 36.9 Å². The Labute approximate surface area is 217 Å². The summed E-state index contributed by atoms with van der Waals surface area (Å²) in [6, 6.07) is 7.98. The number of anilines is 1. The number of carbonyl (C=O) groups excluding carboxylic acids is 2. The van der Waals surface area contributed by atoms with E-state index in [-0.39, 0.29) is 12.3 Å². The number of primary amides is 1. The van der Waals surface area contributed by atoms with Crippen LogP contribution in [0.25, 0.3) is 0 Å². The number of aryl methyl sites for hydroxylation is 2. The minimum absolute atomic E-state index is 0.00312. The number of carboxylic acid groups (broad SMARTS) is 1. The molecule has 1 aromatic heterocycles. The van der Waals surface area contributed by atoms with Gasteiger partial charge in [-0.3, -0.25) is 14.4 Å². The van der Waals surface area contributed by atoms with Crippen molar-refractivity contribution in [2.75, 3.05) is 31.1 Å². The second kappa shape index (κ2) is 9.76. The molecule has 196 valence electrons. The molecule has 5 rings (SSSR count). The van der Waals surface area contributed by atoms with E-state index in [0.29, 0.717) is 54.7 Å². The number of carbonyl (C=O) groups is 3. The zero-order valence-corrected chi connectivity index (χ0v) is 21.5. The normalized spacial score (nSPS) is 23.2. The lowest BCUT2D eigenvalue weighted by Crippen LogP contribution is -2.37. The van der Waals surface area contributed by atoms with Crippen molar-refractivity contribution in [3.63, 3.8) is 0 Å². The maximum atomic E-state index is 13.2. The minimum atomic E-state index is -0.951. The average Bonchev–Trinajstić information content (AvgIpc) is 3.58. The molecule has 2 amide bonds. The Morgan fingerprint density at radius 1 is 1.05 bits per heavy atom. The van der Waals surface area contributed by atoms with Gasteiger partial charge < -0.3 is 20.6 Å². The van der Waals surface area contributed by atoms with Crippen LogP contribution in [0.1, 0.15) is 65.3 Å². The number of hydrogen-bond acceptors (Lipinski definition) is 6. The third-order valence-electron chi connectivity index (χ3n) is 8.85. The number of rotatable bonds is 7. The highest BCUT2D eigenvalue weighted by Gasteiger charge is 2.49. The second-order valence-electron chi connectivity index (χ2n) is 11.0. The number of aliphatic carboxylic acids is 1. The fourth-order valence-corrected chi connectivity index (χ4v) is 6.92.